The van der Waals surface area contributed by atoms with Crippen molar-refractivity contribution >= 4 is 28.2 Å². The van der Waals surface area contributed by atoms with E-state index in [9.17, 15) is 18.0 Å². The molecule has 0 saturated carbocycles. The average molecular weight is 574 g/mol. The van der Waals surface area contributed by atoms with Crippen LogP contribution in [0.4, 0.5) is 24.5 Å². The normalized spacial score (nSPS) is 17.8. The van der Waals surface area contributed by atoms with Gasteiger partial charge in [-0.3, -0.25) is 4.79 Å². The van der Waals surface area contributed by atoms with Crippen LogP contribution in [0.5, 0.6) is 5.75 Å². The molecule has 0 saturated heterocycles. The molecule has 4 bridgehead atoms. The van der Waals surface area contributed by atoms with Gasteiger partial charge in [0, 0.05) is 29.4 Å². The van der Waals surface area contributed by atoms with Gasteiger partial charge in [0.25, 0.3) is 0 Å². The highest BCUT2D eigenvalue weighted by Gasteiger charge is 2.30. The molecule has 3 aromatic rings. The first-order valence-corrected chi connectivity index (χ1v) is 13.4. The fraction of sp³-hybridized carbons (Fsp3) is 0.414. The molecule has 0 aliphatic carbocycles. The molecule has 2 heterocycles. The van der Waals surface area contributed by atoms with Crippen LogP contribution in [0.15, 0.2) is 48.5 Å². The van der Waals surface area contributed by atoms with Crippen molar-refractivity contribution in [1.29, 1.82) is 0 Å². The van der Waals surface area contributed by atoms with Gasteiger partial charge in [-0.2, -0.15) is 13.2 Å². The Kier molecular flexibility index (Phi) is 10.7. The second-order valence-corrected chi connectivity index (χ2v) is 9.29. The summed E-state index contributed by atoms with van der Waals surface area (Å²) in [6.45, 7) is 1.27. The summed E-state index contributed by atoms with van der Waals surface area (Å²) in [6, 6.07) is 13.2. The Morgan fingerprint density at radius 3 is 2.59 bits per heavy atom. The Morgan fingerprint density at radius 2 is 1.78 bits per heavy atom. The molecule has 1 atom stereocenters. The third-order valence-electron chi connectivity index (χ3n) is 6.23. The number of halogens is 3. The summed E-state index contributed by atoms with van der Waals surface area (Å²) in [6.07, 6.45) is -4.14. The van der Waals surface area contributed by atoms with E-state index in [-0.39, 0.29) is 31.2 Å². The minimum Gasteiger partial charge on any atom is -0.491 e. The Bertz CT molecular complexity index is 1370. The standard InChI is InChI=1S/C29H34F3N5O4/c30-29(31,32)20-37-22-5-3-11-34-21-4-1-6-23(18-21)41-17-16-40-15-14-39-13-12-35-28(38)26(9-10-33)36-25-7-2-8-27(37)24(25)19-22/h1-2,4,6-8,18-19,26,34,36H,9-17,20,33H2,(H,35,38)/t26-/m0/s1. The fourth-order valence-electron chi connectivity index (χ4n) is 4.37. The summed E-state index contributed by atoms with van der Waals surface area (Å²) in [5.74, 6) is 6.16. The predicted octanol–water partition coefficient (Wildman–Crippen LogP) is 3.34. The lowest BCUT2D eigenvalue weighted by molar-refractivity contribution is -0.140. The van der Waals surface area contributed by atoms with Crippen LogP contribution in [0, 0.1) is 11.8 Å². The first-order valence-electron chi connectivity index (χ1n) is 13.4. The molecular weight excluding hydrogens is 539 g/mol. The molecule has 2 aromatic carbocycles. The first-order chi connectivity index (χ1) is 19.8. The quantitative estimate of drug-likeness (QED) is 0.356. The molecule has 12 heteroatoms. The fourth-order valence-corrected chi connectivity index (χ4v) is 4.37. The molecule has 41 heavy (non-hydrogen) atoms. The zero-order valence-electron chi connectivity index (χ0n) is 22.6. The van der Waals surface area contributed by atoms with Crippen LogP contribution >= 0.6 is 0 Å². The highest BCUT2D eigenvalue weighted by molar-refractivity contribution is 5.96. The second kappa shape index (κ2) is 14.6. The molecule has 0 radical (unpaired) electrons. The van der Waals surface area contributed by atoms with E-state index in [0.29, 0.717) is 61.8 Å². The van der Waals surface area contributed by atoms with E-state index >= 15 is 0 Å². The number of aromatic nitrogens is 1. The Labute approximate surface area is 236 Å². The van der Waals surface area contributed by atoms with Gasteiger partial charge >= 0.3 is 6.18 Å². The maximum absolute atomic E-state index is 13.6. The Hall–Kier alpha value is -3.92. The molecule has 5 N–H and O–H groups in total. The van der Waals surface area contributed by atoms with Crippen molar-refractivity contribution in [3.05, 3.63) is 54.2 Å². The number of fused-ring (bicyclic) bond motifs is 3. The van der Waals surface area contributed by atoms with Crippen molar-refractivity contribution in [3.63, 3.8) is 0 Å². The van der Waals surface area contributed by atoms with Gasteiger partial charge in [0.2, 0.25) is 5.91 Å². The van der Waals surface area contributed by atoms with Crippen LogP contribution in [0.1, 0.15) is 12.1 Å². The molecule has 1 aliphatic heterocycles. The van der Waals surface area contributed by atoms with Crippen LogP contribution in [0.3, 0.4) is 0 Å². The van der Waals surface area contributed by atoms with Gasteiger partial charge in [0.1, 0.15) is 24.9 Å². The number of ether oxygens (including phenoxy) is 3. The number of carbonyl (C=O) groups is 1. The number of carbonyl (C=O) groups excluding carboxylic acids is 1. The van der Waals surface area contributed by atoms with Crippen molar-refractivity contribution in [2.75, 3.05) is 63.3 Å². The van der Waals surface area contributed by atoms with Crippen molar-refractivity contribution in [3.8, 4) is 17.6 Å². The third kappa shape index (κ3) is 9.04. The predicted molar refractivity (Wildman–Crippen MR) is 151 cm³/mol. The summed E-state index contributed by atoms with van der Waals surface area (Å²) in [4.78, 5) is 12.9. The molecule has 9 nitrogen and oxygen atoms in total. The summed E-state index contributed by atoms with van der Waals surface area (Å²) in [5, 5.41) is 9.67. The van der Waals surface area contributed by atoms with Crippen molar-refractivity contribution < 1.29 is 32.2 Å². The summed E-state index contributed by atoms with van der Waals surface area (Å²) < 4.78 is 58.6. The first kappa shape index (κ1) is 30.0. The lowest BCUT2D eigenvalue weighted by Gasteiger charge is -2.20. The highest BCUT2D eigenvalue weighted by Crippen LogP contribution is 2.30. The number of nitrogens with zero attached hydrogens (tertiary/aromatic N) is 1. The minimum atomic E-state index is -4.46. The minimum absolute atomic E-state index is 0.198. The van der Waals surface area contributed by atoms with E-state index in [4.69, 9.17) is 19.9 Å². The number of alkyl halides is 3. The zero-order chi connectivity index (χ0) is 29.1. The van der Waals surface area contributed by atoms with Crippen molar-refractivity contribution in [2.24, 2.45) is 5.73 Å². The number of rotatable bonds is 3. The molecule has 4 rings (SSSR count). The van der Waals surface area contributed by atoms with Crippen molar-refractivity contribution in [2.45, 2.75) is 25.2 Å². The van der Waals surface area contributed by atoms with E-state index in [0.717, 1.165) is 10.3 Å². The third-order valence-corrected chi connectivity index (χ3v) is 6.23. The van der Waals surface area contributed by atoms with Gasteiger partial charge in [-0.1, -0.05) is 18.1 Å². The molecule has 1 aliphatic rings. The van der Waals surface area contributed by atoms with Crippen LogP contribution < -0.4 is 26.4 Å². The van der Waals surface area contributed by atoms with Crippen LogP contribution in [-0.2, 0) is 20.8 Å². The zero-order valence-corrected chi connectivity index (χ0v) is 22.6. The molecular formula is C29H34F3N5O4. The molecule has 220 valence electrons. The highest BCUT2D eigenvalue weighted by atomic mass is 19.4. The van der Waals surface area contributed by atoms with Gasteiger partial charge < -0.3 is 40.5 Å². The summed E-state index contributed by atoms with van der Waals surface area (Å²) in [5.41, 5.74) is 7.58. The van der Waals surface area contributed by atoms with E-state index in [1.807, 2.05) is 24.3 Å². The van der Waals surface area contributed by atoms with Gasteiger partial charge in [-0.05, 0) is 49.2 Å². The maximum Gasteiger partial charge on any atom is 0.406 e. The van der Waals surface area contributed by atoms with Crippen LogP contribution in [-0.4, -0.2) is 75.4 Å². The summed E-state index contributed by atoms with van der Waals surface area (Å²) >= 11 is 0. The largest absolute Gasteiger partial charge is 0.491 e. The number of benzene rings is 2. The van der Waals surface area contributed by atoms with E-state index in [1.54, 1.807) is 24.3 Å². The van der Waals surface area contributed by atoms with Gasteiger partial charge in [0.15, 0.2) is 0 Å². The number of hydrogen-bond acceptors (Lipinski definition) is 7. The van der Waals surface area contributed by atoms with E-state index in [2.05, 4.69) is 27.8 Å². The number of nitrogens with two attached hydrogens (primary N) is 1. The molecule has 0 spiro atoms. The van der Waals surface area contributed by atoms with Gasteiger partial charge in [0.05, 0.1) is 44.2 Å². The summed E-state index contributed by atoms with van der Waals surface area (Å²) in [7, 11) is 0. The maximum atomic E-state index is 13.6. The lowest BCUT2D eigenvalue weighted by Crippen LogP contribution is -2.42. The molecule has 1 amide bonds. The van der Waals surface area contributed by atoms with E-state index in [1.165, 1.54) is 0 Å². The number of nitrogens with one attached hydrogen (secondary N) is 3. The molecule has 0 unspecified atom stereocenters. The average Bonchev–Trinajstić information content (AvgIpc) is 3.28. The van der Waals surface area contributed by atoms with Gasteiger partial charge in [-0.25, -0.2) is 0 Å². The Balaban J connectivity index is 1.64. The second-order valence-electron chi connectivity index (χ2n) is 9.29. The molecule has 1 aromatic heterocycles. The van der Waals surface area contributed by atoms with Crippen LogP contribution in [0.25, 0.3) is 10.9 Å². The Morgan fingerprint density at radius 1 is 1.00 bits per heavy atom. The van der Waals surface area contributed by atoms with Crippen molar-refractivity contribution in [1.82, 2.24) is 9.88 Å². The topological polar surface area (TPSA) is 112 Å². The number of hydrogen-bond donors (Lipinski definition) is 4. The SMILES string of the molecule is NCC[C@@H]1Nc2cccc3c2cc(n3CC(F)(F)F)C#CCNc2cccc(c2)OCCOCCOCCNC1=O. The smallest absolute Gasteiger partial charge is 0.406 e. The number of anilines is 2. The van der Waals surface area contributed by atoms with Gasteiger partial charge in [-0.15, -0.1) is 0 Å². The lowest BCUT2D eigenvalue weighted by atomic mass is 10.1. The van der Waals surface area contributed by atoms with Crippen LogP contribution in [0.2, 0.25) is 0 Å². The number of amides is 1. The monoisotopic (exact) mass is 573 g/mol. The molecule has 0 fully saturated rings. The van der Waals surface area contributed by atoms with E-state index < -0.39 is 18.8 Å².